The highest BCUT2D eigenvalue weighted by Gasteiger charge is 2.32. The van der Waals surface area contributed by atoms with E-state index >= 15 is 0 Å². The van der Waals surface area contributed by atoms with E-state index in [2.05, 4.69) is 28.6 Å². The SMILES string of the molecule is CCC(C)C(N)C(=O)N1CCCC(c2nnc3n2CCCCC3)C1.Cl. The summed E-state index contributed by atoms with van der Waals surface area (Å²) in [5.41, 5.74) is 6.17. The Hall–Kier alpha value is -1.14. The van der Waals surface area contributed by atoms with E-state index in [1.165, 1.54) is 19.3 Å². The fraction of sp³-hybridized carbons (Fsp3) is 0.833. The van der Waals surface area contributed by atoms with Crippen LogP contribution in [-0.2, 0) is 17.8 Å². The highest BCUT2D eigenvalue weighted by atomic mass is 35.5. The Labute approximate surface area is 157 Å². The van der Waals surface area contributed by atoms with Gasteiger partial charge in [0.05, 0.1) is 6.04 Å². The van der Waals surface area contributed by atoms with Crippen LogP contribution in [0.25, 0.3) is 0 Å². The van der Waals surface area contributed by atoms with Crippen LogP contribution in [0.1, 0.15) is 69.9 Å². The van der Waals surface area contributed by atoms with Crippen LogP contribution < -0.4 is 5.73 Å². The molecule has 1 aromatic rings. The molecule has 3 atom stereocenters. The second-order valence-electron chi connectivity index (χ2n) is 7.47. The van der Waals surface area contributed by atoms with Crippen LogP contribution in [0.5, 0.6) is 0 Å². The van der Waals surface area contributed by atoms with Crippen molar-refractivity contribution in [2.75, 3.05) is 13.1 Å². The second-order valence-corrected chi connectivity index (χ2v) is 7.47. The van der Waals surface area contributed by atoms with Crippen LogP contribution in [0, 0.1) is 5.92 Å². The van der Waals surface area contributed by atoms with Gasteiger partial charge in [-0.15, -0.1) is 22.6 Å². The van der Waals surface area contributed by atoms with E-state index in [1.54, 1.807) is 0 Å². The van der Waals surface area contributed by atoms with Gasteiger partial charge in [0.1, 0.15) is 11.6 Å². The molecular formula is C18H32ClN5O. The van der Waals surface area contributed by atoms with Crippen LogP contribution in [0.3, 0.4) is 0 Å². The van der Waals surface area contributed by atoms with Crippen LogP contribution >= 0.6 is 12.4 Å². The first-order valence-electron chi connectivity index (χ1n) is 9.58. The maximum absolute atomic E-state index is 12.7. The first kappa shape index (κ1) is 20.2. The minimum atomic E-state index is -0.385. The van der Waals surface area contributed by atoms with E-state index in [0.717, 1.165) is 57.0 Å². The Kier molecular flexibility index (Phi) is 7.25. The number of piperidine rings is 1. The summed E-state index contributed by atoms with van der Waals surface area (Å²) < 4.78 is 2.32. The lowest BCUT2D eigenvalue weighted by Crippen LogP contribution is -2.50. The minimum Gasteiger partial charge on any atom is -0.341 e. The summed E-state index contributed by atoms with van der Waals surface area (Å²) in [5, 5.41) is 8.92. The van der Waals surface area contributed by atoms with E-state index in [9.17, 15) is 4.79 Å². The van der Waals surface area contributed by atoms with Gasteiger partial charge in [-0.2, -0.15) is 0 Å². The molecule has 1 amide bonds. The molecule has 0 aromatic carbocycles. The highest BCUT2D eigenvalue weighted by Crippen LogP contribution is 2.28. The largest absolute Gasteiger partial charge is 0.341 e. The summed E-state index contributed by atoms with van der Waals surface area (Å²) >= 11 is 0. The van der Waals surface area contributed by atoms with Crippen molar-refractivity contribution in [1.29, 1.82) is 0 Å². The molecule has 0 spiro atoms. The van der Waals surface area contributed by atoms with E-state index in [4.69, 9.17) is 5.73 Å². The molecule has 2 N–H and O–H groups in total. The normalized spacial score (nSPS) is 23.2. The minimum absolute atomic E-state index is 0. The summed E-state index contributed by atoms with van der Waals surface area (Å²) in [6.07, 6.45) is 7.74. The topological polar surface area (TPSA) is 77.0 Å². The van der Waals surface area contributed by atoms with Gasteiger partial charge >= 0.3 is 0 Å². The molecule has 1 aromatic heterocycles. The summed E-state index contributed by atoms with van der Waals surface area (Å²) in [7, 11) is 0. The smallest absolute Gasteiger partial charge is 0.239 e. The van der Waals surface area contributed by atoms with Gasteiger partial charge in [-0.05, 0) is 31.6 Å². The van der Waals surface area contributed by atoms with Crippen LogP contribution in [-0.4, -0.2) is 44.7 Å². The standard InChI is InChI=1S/C18H31N5O.ClH/c1-3-13(2)16(19)18(24)22-10-7-8-14(12-22)17-21-20-15-9-5-4-6-11-23(15)17;/h13-14,16H,3-12,19H2,1-2H3;1H. The molecule has 0 radical (unpaired) electrons. The Morgan fingerprint density at radius 2 is 2.04 bits per heavy atom. The van der Waals surface area contributed by atoms with Crippen LogP contribution in [0.15, 0.2) is 0 Å². The number of hydrogen-bond acceptors (Lipinski definition) is 4. The molecule has 0 saturated carbocycles. The number of likely N-dealkylation sites (tertiary alicyclic amines) is 1. The van der Waals surface area contributed by atoms with Gasteiger partial charge in [0.25, 0.3) is 0 Å². The number of nitrogens with zero attached hydrogens (tertiary/aromatic N) is 4. The van der Waals surface area contributed by atoms with Crippen molar-refractivity contribution in [2.45, 2.75) is 77.3 Å². The lowest BCUT2D eigenvalue weighted by atomic mass is 9.94. The van der Waals surface area contributed by atoms with Crippen molar-refractivity contribution in [2.24, 2.45) is 11.7 Å². The van der Waals surface area contributed by atoms with E-state index in [-0.39, 0.29) is 30.3 Å². The van der Waals surface area contributed by atoms with E-state index in [0.29, 0.717) is 5.92 Å². The summed E-state index contributed by atoms with van der Waals surface area (Å²) in [6, 6.07) is -0.385. The van der Waals surface area contributed by atoms with Crippen molar-refractivity contribution in [3.63, 3.8) is 0 Å². The molecule has 2 aliphatic rings. The maximum Gasteiger partial charge on any atom is 0.239 e. The third-order valence-electron chi connectivity index (χ3n) is 5.78. The van der Waals surface area contributed by atoms with E-state index < -0.39 is 0 Å². The Morgan fingerprint density at radius 1 is 1.24 bits per heavy atom. The zero-order valence-electron chi connectivity index (χ0n) is 15.5. The molecular weight excluding hydrogens is 338 g/mol. The first-order valence-corrected chi connectivity index (χ1v) is 9.58. The van der Waals surface area contributed by atoms with E-state index in [1.807, 2.05) is 4.90 Å². The lowest BCUT2D eigenvalue weighted by molar-refractivity contribution is -0.135. The molecule has 1 saturated heterocycles. The molecule has 3 heterocycles. The molecule has 3 unspecified atom stereocenters. The molecule has 0 aliphatic carbocycles. The number of hydrogen-bond donors (Lipinski definition) is 1. The zero-order chi connectivity index (χ0) is 17.1. The lowest BCUT2D eigenvalue weighted by Gasteiger charge is -2.35. The Balaban J connectivity index is 0.00000225. The quantitative estimate of drug-likeness (QED) is 0.884. The third kappa shape index (κ3) is 4.34. The molecule has 142 valence electrons. The molecule has 7 heteroatoms. The molecule has 2 aliphatic heterocycles. The van der Waals surface area contributed by atoms with Gasteiger partial charge in [0.15, 0.2) is 0 Å². The van der Waals surface area contributed by atoms with Gasteiger partial charge in [0, 0.05) is 32.0 Å². The fourth-order valence-electron chi connectivity index (χ4n) is 3.91. The summed E-state index contributed by atoms with van der Waals surface area (Å²) in [4.78, 5) is 14.7. The third-order valence-corrected chi connectivity index (χ3v) is 5.78. The van der Waals surface area contributed by atoms with Crippen molar-refractivity contribution in [3.05, 3.63) is 11.6 Å². The predicted molar refractivity (Wildman–Crippen MR) is 101 cm³/mol. The number of amides is 1. The second kappa shape index (κ2) is 8.99. The fourth-order valence-corrected chi connectivity index (χ4v) is 3.91. The maximum atomic E-state index is 12.7. The molecule has 3 rings (SSSR count). The number of rotatable bonds is 4. The number of carbonyl (C=O) groups excluding carboxylic acids is 1. The van der Waals surface area contributed by atoms with Crippen molar-refractivity contribution < 1.29 is 4.79 Å². The van der Waals surface area contributed by atoms with Gasteiger partial charge in [-0.3, -0.25) is 4.79 Å². The molecule has 1 fully saturated rings. The Morgan fingerprint density at radius 3 is 2.80 bits per heavy atom. The molecule has 0 bridgehead atoms. The average molecular weight is 370 g/mol. The highest BCUT2D eigenvalue weighted by molar-refractivity contribution is 5.85. The number of aromatic nitrogens is 3. The number of halogens is 1. The summed E-state index contributed by atoms with van der Waals surface area (Å²) in [5.74, 6) is 2.84. The Bertz CT molecular complexity index is 576. The van der Waals surface area contributed by atoms with Crippen molar-refractivity contribution >= 4 is 18.3 Å². The van der Waals surface area contributed by atoms with Gasteiger partial charge < -0.3 is 15.2 Å². The molecule has 25 heavy (non-hydrogen) atoms. The van der Waals surface area contributed by atoms with Crippen molar-refractivity contribution in [1.82, 2.24) is 19.7 Å². The van der Waals surface area contributed by atoms with Gasteiger partial charge in [-0.1, -0.05) is 26.7 Å². The van der Waals surface area contributed by atoms with Crippen LogP contribution in [0.4, 0.5) is 0 Å². The first-order chi connectivity index (χ1) is 11.6. The number of fused-ring (bicyclic) bond motifs is 1. The number of nitrogens with two attached hydrogens (primary N) is 1. The number of aryl methyl sites for hydroxylation is 1. The van der Waals surface area contributed by atoms with Crippen molar-refractivity contribution in [3.8, 4) is 0 Å². The van der Waals surface area contributed by atoms with Gasteiger partial charge in [0.2, 0.25) is 5.91 Å². The zero-order valence-corrected chi connectivity index (χ0v) is 16.3. The summed E-state index contributed by atoms with van der Waals surface area (Å²) in [6.45, 7) is 6.72. The predicted octanol–water partition coefficient (Wildman–Crippen LogP) is 2.51. The number of carbonyl (C=O) groups is 1. The molecule has 6 nitrogen and oxygen atoms in total. The van der Waals surface area contributed by atoms with Gasteiger partial charge in [-0.25, -0.2) is 0 Å². The van der Waals surface area contributed by atoms with Crippen LogP contribution in [0.2, 0.25) is 0 Å². The average Bonchev–Trinajstić information content (AvgIpc) is 2.88. The monoisotopic (exact) mass is 369 g/mol.